The highest BCUT2D eigenvalue weighted by molar-refractivity contribution is 5.74. The Morgan fingerprint density at radius 3 is 3.06 bits per heavy atom. The van der Waals surface area contributed by atoms with Gasteiger partial charge in [-0.1, -0.05) is 6.07 Å². The Labute approximate surface area is 97.7 Å². The topological polar surface area (TPSA) is 52.8 Å². The third kappa shape index (κ3) is 1.61. The molecule has 5 nitrogen and oxygen atoms in total. The Kier molecular flexibility index (Phi) is 2.22. The number of benzene rings is 1. The molecule has 0 N–H and O–H groups in total. The lowest BCUT2D eigenvalue weighted by Gasteiger charge is -2.04. The minimum atomic E-state index is 0.785. The smallest absolute Gasteiger partial charge is 0.166 e. The molecular formula is C12H10N4O. The van der Waals surface area contributed by atoms with Gasteiger partial charge in [-0.05, 0) is 12.1 Å². The average Bonchev–Trinajstić information content (AvgIpc) is 2.82. The highest BCUT2D eigenvalue weighted by Gasteiger charge is 2.06. The molecule has 0 aliphatic heterocycles. The molecule has 0 unspecified atom stereocenters. The number of hydrogen-bond donors (Lipinski definition) is 0. The van der Waals surface area contributed by atoms with Crippen LogP contribution >= 0.6 is 0 Å². The zero-order valence-electron chi connectivity index (χ0n) is 9.24. The van der Waals surface area contributed by atoms with E-state index in [1.165, 1.54) is 6.33 Å². The Balaban J connectivity index is 2.20. The summed E-state index contributed by atoms with van der Waals surface area (Å²) in [6.45, 7) is 0. The summed E-state index contributed by atoms with van der Waals surface area (Å²) in [5, 5.41) is 5.21. The summed E-state index contributed by atoms with van der Waals surface area (Å²) >= 11 is 0. The maximum Gasteiger partial charge on any atom is 0.166 e. The van der Waals surface area contributed by atoms with Crippen LogP contribution in [0.25, 0.3) is 16.7 Å². The number of hydrogen-bond acceptors (Lipinski definition) is 4. The molecule has 17 heavy (non-hydrogen) atoms. The maximum atomic E-state index is 5.19. The van der Waals surface area contributed by atoms with Gasteiger partial charge in [-0.15, -0.1) is 0 Å². The number of ether oxygens (including phenoxy) is 1. The first kappa shape index (κ1) is 9.77. The molecule has 2 heterocycles. The SMILES string of the molecule is COc1cccc(-n2ncc3cncnc32)c1. The molecule has 0 aliphatic rings. The first-order chi connectivity index (χ1) is 8.38. The van der Waals surface area contributed by atoms with E-state index in [-0.39, 0.29) is 0 Å². The number of aromatic nitrogens is 4. The molecule has 0 radical (unpaired) electrons. The molecule has 0 spiro atoms. The van der Waals surface area contributed by atoms with Crippen molar-refractivity contribution in [3.05, 3.63) is 43.0 Å². The molecule has 2 aromatic heterocycles. The fourth-order valence-electron chi connectivity index (χ4n) is 1.71. The van der Waals surface area contributed by atoms with Gasteiger partial charge in [-0.3, -0.25) is 0 Å². The Hall–Kier alpha value is -2.43. The van der Waals surface area contributed by atoms with Crippen LogP contribution in [-0.2, 0) is 0 Å². The van der Waals surface area contributed by atoms with Crippen LogP contribution in [0.4, 0.5) is 0 Å². The first-order valence-electron chi connectivity index (χ1n) is 5.16. The van der Waals surface area contributed by atoms with Crippen LogP contribution in [-0.4, -0.2) is 26.9 Å². The minimum Gasteiger partial charge on any atom is -0.497 e. The van der Waals surface area contributed by atoms with E-state index in [1.54, 1.807) is 24.2 Å². The van der Waals surface area contributed by atoms with Gasteiger partial charge in [0.15, 0.2) is 5.65 Å². The quantitative estimate of drug-likeness (QED) is 0.668. The molecule has 0 saturated carbocycles. The van der Waals surface area contributed by atoms with Crippen LogP contribution in [0.5, 0.6) is 5.75 Å². The van der Waals surface area contributed by atoms with E-state index in [2.05, 4.69) is 15.1 Å². The molecule has 0 bridgehead atoms. The fourth-order valence-corrected chi connectivity index (χ4v) is 1.71. The molecule has 0 fully saturated rings. The second-order valence-corrected chi connectivity index (χ2v) is 3.56. The van der Waals surface area contributed by atoms with Crippen LogP contribution < -0.4 is 4.74 Å². The summed E-state index contributed by atoms with van der Waals surface area (Å²) in [5.74, 6) is 0.792. The largest absolute Gasteiger partial charge is 0.497 e. The highest BCUT2D eigenvalue weighted by atomic mass is 16.5. The molecule has 3 rings (SSSR count). The van der Waals surface area contributed by atoms with Gasteiger partial charge in [0.1, 0.15) is 12.1 Å². The third-order valence-corrected chi connectivity index (χ3v) is 2.53. The van der Waals surface area contributed by atoms with E-state index in [4.69, 9.17) is 4.74 Å². The van der Waals surface area contributed by atoms with Crippen LogP contribution in [0, 0.1) is 0 Å². The van der Waals surface area contributed by atoms with Gasteiger partial charge in [0.05, 0.1) is 24.4 Å². The van der Waals surface area contributed by atoms with Crippen molar-refractivity contribution in [1.82, 2.24) is 19.7 Å². The Morgan fingerprint density at radius 1 is 1.24 bits per heavy atom. The molecule has 3 aromatic rings. The molecule has 1 aromatic carbocycles. The summed E-state index contributed by atoms with van der Waals surface area (Å²) in [6.07, 6.45) is 5.00. The monoisotopic (exact) mass is 226 g/mol. The van der Waals surface area contributed by atoms with Gasteiger partial charge in [0.2, 0.25) is 0 Å². The summed E-state index contributed by atoms with van der Waals surface area (Å²) < 4.78 is 6.95. The standard InChI is InChI=1S/C12H10N4O/c1-17-11-4-2-3-10(5-11)16-12-9(7-15-16)6-13-8-14-12/h2-8H,1H3. The van der Waals surface area contributed by atoms with Crippen molar-refractivity contribution in [3.63, 3.8) is 0 Å². The molecule has 84 valence electrons. The number of fused-ring (bicyclic) bond motifs is 1. The van der Waals surface area contributed by atoms with Gasteiger partial charge >= 0.3 is 0 Å². The van der Waals surface area contributed by atoms with E-state index < -0.39 is 0 Å². The van der Waals surface area contributed by atoms with Crippen molar-refractivity contribution in [3.8, 4) is 11.4 Å². The second-order valence-electron chi connectivity index (χ2n) is 3.56. The van der Waals surface area contributed by atoms with Crippen molar-refractivity contribution in [2.75, 3.05) is 7.11 Å². The zero-order valence-corrected chi connectivity index (χ0v) is 9.24. The van der Waals surface area contributed by atoms with Crippen LogP contribution in [0.3, 0.4) is 0 Å². The van der Waals surface area contributed by atoms with Crippen molar-refractivity contribution in [2.45, 2.75) is 0 Å². The molecule has 0 aliphatic carbocycles. The molecule has 0 atom stereocenters. The predicted molar refractivity (Wildman–Crippen MR) is 63.2 cm³/mol. The Morgan fingerprint density at radius 2 is 2.18 bits per heavy atom. The third-order valence-electron chi connectivity index (χ3n) is 2.53. The van der Waals surface area contributed by atoms with E-state index in [0.717, 1.165) is 22.5 Å². The van der Waals surface area contributed by atoms with Crippen molar-refractivity contribution < 1.29 is 4.74 Å². The lowest BCUT2D eigenvalue weighted by atomic mass is 10.3. The molecular weight excluding hydrogens is 216 g/mol. The van der Waals surface area contributed by atoms with Crippen LogP contribution in [0.15, 0.2) is 43.0 Å². The average molecular weight is 226 g/mol. The van der Waals surface area contributed by atoms with Crippen LogP contribution in [0.2, 0.25) is 0 Å². The van der Waals surface area contributed by atoms with Gasteiger partial charge in [0, 0.05) is 12.3 Å². The van der Waals surface area contributed by atoms with Gasteiger partial charge < -0.3 is 4.74 Å². The van der Waals surface area contributed by atoms with Gasteiger partial charge in [-0.2, -0.15) is 5.10 Å². The normalized spacial score (nSPS) is 10.6. The number of rotatable bonds is 2. The van der Waals surface area contributed by atoms with E-state index >= 15 is 0 Å². The molecule has 0 amide bonds. The summed E-state index contributed by atoms with van der Waals surface area (Å²) in [6, 6.07) is 7.68. The fraction of sp³-hybridized carbons (Fsp3) is 0.0833. The van der Waals surface area contributed by atoms with Crippen molar-refractivity contribution >= 4 is 11.0 Å². The minimum absolute atomic E-state index is 0.785. The summed E-state index contributed by atoms with van der Waals surface area (Å²) in [4.78, 5) is 8.19. The van der Waals surface area contributed by atoms with E-state index in [9.17, 15) is 0 Å². The van der Waals surface area contributed by atoms with E-state index in [1.807, 2.05) is 24.3 Å². The van der Waals surface area contributed by atoms with Gasteiger partial charge in [0.25, 0.3) is 0 Å². The number of methoxy groups -OCH3 is 1. The maximum absolute atomic E-state index is 5.19. The number of nitrogens with zero attached hydrogens (tertiary/aromatic N) is 4. The lowest BCUT2D eigenvalue weighted by molar-refractivity contribution is 0.414. The Bertz CT molecular complexity index is 662. The van der Waals surface area contributed by atoms with Gasteiger partial charge in [-0.25, -0.2) is 14.6 Å². The first-order valence-corrected chi connectivity index (χ1v) is 5.16. The molecule has 0 saturated heterocycles. The molecule has 5 heteroatoms. The van der Waals surface area contributed by atoms with Crippen LogP contribution in [0.1, 0.15) is 0 Å². The predicted octanol–water partition coefficient (Wildman–Crippen LogP) is 1.82. The van der Waals surface area contributed by atoms with Crippen molar-refractivity contribution in [1.29, 1.82) is 0 Å². The van der Waals surface area contributed by atoms with Crippen molar-refractivity contribution in [2.24, 2.45) is 0 Å². The summed E-state index contributed by atoms with van der Waals surface area (Å²) in [7, 11) is 1.64. The lowest BCUT2D eigenvalue weighted by Crippen LogP contribution is -1.97. The van der Waals surface area contributed by atoms with E-state index in [0.29, 0.717) is 0 Å². The summed E-state index contributed by atoms with van der Waals surface area (Å²) in [5.41, 5.74) is 1.70. The zero-order chi connectivity index (χ0) is 11.7. The second kappa shape index (κ2) is 3.86. The highest BCUT2D eigenvalue weighted by Crippen LogP contribution is 2.19.